The molecule has 1 unspecified atom stereocenters. The van der Waals surface area contributed by atoms with Crippen molar-refractivity contribution in [3.05, 3.63) is 42.0 Å². The van der Waals surface area contributed by atoms with Crippen LogP contribution in [0.5, 0.6) is 23.0 Å². The van der Waals surface area contributed by atoms with Crippen molar-refractivity contribution >= 4 is 11.6 Å². The number of nitrogens with zero attached hydrogens (tertiary/aromatic N) is 1. The molecule has 2 rings (SSSR count). The van der Waals surface area contributed by atoms with Gasteiger partial charge in [-0.2, -0.15) is 0 Å². The van der Waals surface area contributed by atoms with E-state index in [4.69, 9.17) is 18.9 Å². The van der Waals surface area contributed by atoms with Gasteiger partial charge in [0.25, 0.3) is 0 Å². The monoisotopic (exact) mass is 388 g/mol. The average molecular weight is 388 g/mol. The first kappa shape index (κ1) is 21.4. The van der Waals surface area contributed by atoms with Crippen LogP contribution in [0.25, 0.3) is 0 Å². The fourth-order valence-electron chi connectivity index (χ4n) is 2.84. The maximum Gasteiger partial charge on any atom is 0.241 e. The molecule has 7 nitrogen and oxygen atoms in total. The molecule has 1 amide bonds. The summed E-state index contributed by atoms with van der Waals surface area (Å²) < 4.78 is 21.3. The molecule has 0 spiro atoms. The molecule has 0 aliphatic carbocycles. The Morgan fingerprint density at radius 1 is 0.964 bits per heavy atom. The summed E-state index contributed by atoms with van der Waals surface area (Å²) in [6.45, 7) is 2.38. The molecule has 1 N–H and O–H groups in total. The van der Waals surface area contributed by atoms with Gasteiger partial charge in [-0.25, -0.2) is 0 Å². The van der Waals surface area contributed by atoms with Crippen molar-refractivity contribution in [3.8, 4) is 23.0 Å². The van der Waals surface area contributed by atoms with Crippen LogP contribution < -0.4 is 24.3 Å². The second kappa shape index (κ2) is 9.85. The average Bonchev–Trinajstić information content (AvgIpc) is 2.72. The highest BCUT2D eigenvalue weighted by atomic mass is 16.5. The molecule has 0 aliphatic heterocycles. The van der Waals surface area contributed by atoms with Gasteiger partial charge in [-0.05, 0) is 32.2 Å². The van der Waals surface area contributed by atoms with Gasteiger partial charge >= 0.3 is 0 Å². The number of likely N-dealkylation sites (N-methyl/N-ethyl adjacent to an activating group) is 1. The molecule has 0 fully saturated rings. The van der Waals surface area contributed by atoms with E-state index in [1.165, 1.54) is 0 Å². The minimum Gasteiger partial charge on any atom is -0.493 e. The predicted molar refractivity (Wildman–Crippen MR) is 109 cm³/mol. The second-order valence-corrected chi connectivity index (χ2v) is 6.30. The molecule has 2 aromatic carbocycles. The number of para-hydroxylation sites is 1. The van der Waals surface area contributed by atoms with Crippen LogP contribution in [-0.4, -0.2) is 52.3 Å². The molecule has 152 valence electrons. The van der Waals surface area contributed by atoms with E-state index in [1.807, 2.05) is 37.1 Å². The number of nitrogens with one attached hydrogen (secondary N) is 1. The largest absolute Gasteiger partial charge is 0.493 e. The molecule has 28 heavy (non-hydrogen) atoms. The molecule has 0 saturated carbocycles. The van der Waals surface area contributed by atoms with Gasteiger partial charge in [0, 0.05) is 23.9 Å². The Hall–Kier alpha value is -2.93. The first-order valence-corrected chi connectivity index (χ1v) is 8.88. The highest BCUT2D eigenvalue weighted by molar-refractivity contribution is 5.94. The van der Waals surface area contributed by atoms with E-state index in [2.05, 4.69) is 5.32 Å². The normalized spacial score (nSPS) is 11.7. The lowest BCUT2D eigenvalue weighted by Crippen LogP contribution is -2.39. The first-order valence-electron chi connectivity index (χ1n) is 8.88. The van der Waals surface area contributed by atoms with Crippen LogP contribution >= 0.6 is 0 Å². The number of anilines is 1. The Morgan fingerprint density at radius 3 is 2.25 bits per heavy atom. The van der Waals surface area contributed by atoms with Crippen molar-refractivity contribution in [1.29, 1.82) is 0 Å². The fourth-order valence-corrected chi connectivity index (χ4v) is 2.84. The van der Waals surface area contributed by atoms with E-state index in [-0.39, 0.29) is 11.9 Å². The lowest BCUT2D eigenvalue weighted by atomic mass is 10.1. The Morgan fingerprint density at radius 2 is 1.64 bits per heavy atom. The number of carbonyl (C=O) groups excluding carboxylic acids is 1. The number of benzene rings is 2. The van der Waals surface area contributed by atoms with Crippen LogP contribution in [0.15, 0.2) is 36.4 Å². The molecule has 0 radical (unpaired) electrons. The molecule has 0 aliphatic rings. The molecule has 0 aromatic heterocycles. The van der Waals surface area contributed by atoms with E-state index in [1.54, 1.807) is 46.6 Å². The summed E-state index contributed by atoms with van der Waals surface area (Å²) in [5.41, 5.74) is 1.58. The van der Waals surface area contributed by atoms with Gasteiger partial charge in [-0.15, -0.1) is 0 Å². The number of ether oxygens (including phenoxy) is 4. The highest BCUT2D eigenvalue weighted by Crippen LogP contribution is 2.32. The highest BCUT2D eigenvalue weighted by Gasteiger charge is 2.21. The summed E-state index contributed by atoms with van der Waals surface area (Å²) in [6, 6.07) is 10.6. The van der Waals surface area contributed by atoms with Crippen LogP contribution in [0.4, 0.5) is 5.69 Å². The summed E-state index contributed by atoms with van der Waals surface area (Å²) in [5.74, 6) is 2.37. The third-order valence-electron chi connectivity index (χ3n) is 4.60. The van der Waals surface area contributed by atoms with Crippen LogP contribution in [0.3, 0.4) is 0 Å². The topological polar surface area (TPSA) is 69.3 Å². The van der Waals surface area contributed by atoms with Gasteiger partial charge in [0.15, 0.2) is 23.0 Å². The van der Waals surface area contributed by atoms with E-state index in [0.717, 1.165) is 5.56 Å². The van der Waals surface area contributed by atoms with Crippen molar-refractivity contribution in [3.63, 3.8) is 0 Å². The van der Waals surface area contributed by atoms with E-state index in [9.17, 15) is 4.79 Å². The third kappa shape index (κ3) is 4.86. The number of rotatable bonds is 9. The Kier molecular flexibility index (Phi) is 7.52. The van der Waals surface area contributed by atoms with E-state index in [0.29, 0.717) is 35.2 Å². The molecule has 2 aromatic rings. The lowest BCUT2D eigenvalue weighted by molar-refractivity contribution is -0.120. The van der Waals surface area contributed by atoms with Gasteiger partial charge in [0.2, 0.25) is 5.91 Å². The van der Waals surface area contributed by atoms with E-state index >= 15 is 0 Å². The Bertz CT molecular complexity index is 809. The van der Waals surface area contributed by atoms with Crippen molar-refractivity contribution in [1.82, 2.24) is 4.90 Å². The minimum atomic E-state index is -0.371. The molecule has 0 heterocycles. The molecule has 1 atom stereocenters. The van der Waals surface area contributed by atoms with Gasteiger partial charge in [0.1, 0.15) is 0 Å². The van der Waals surface area contributed by atoms with Crippen LogP contribution in [0, 0.1) is 0 Å². The van der Waals surface area contributed by atoms with Crippen LogP contribution in [-0.2, 0) is 11.3 Å². The zero-order valence-corrected chi connectivity index (χ0v) is 17.2. The van der Waals surface area contributed by atoms with Gasteiger partial charge in [-0.3, -0.25) is 9.69 Å². The zero-order valence-electron chi connectivity index (χ0n) is 17.2. The van der Waals surface area contributed by atoms with Crippen molar-refractivity contribution in [2.75, 3.05) is 40.8 Å². The molecular formula is C21H28N2O5. The smallest absolute Gasteiger partial charge is 0.241 e. The Labute approximate surface area is 166 Å². The fraction of sp³-hybridized carbons (Fsp3) is 0.381. The maximum atomic E-state index is 12.7. The van der Waals surface area contributed by atoms with Crippen LogP contribution in [0.2, 0.25) is 0 Å². The minimum absolute atomic E-state index is 0.128. The molecule has 0 saturated heterocycles. The number of amides is 1. The van der Waals surface area contributed by atoms with Crippen molar-refractivity contribution in [2.24, 2.45) is 0 Å². The summed E-state index contributed by atoms with van der Waals surface area (Å²) >= 11 is 0. The molecule has 0 bridgehead atoms. The quantitative estimate of drug-likeness (QED) is 0.712. The number of hydrogen-bond donors (Lipinski definition) is 1. The summed E-state index contributed by atoms with van der Waals surface area (Å²) in [5, 5.41) is 2.91. The number of hydrogen-bond acceptors (Lipinski definition) is 6. The maximum absolute atomic E-state index is 12.7. The second-order valence-electron chi connectivity index (χ2n) is 6.30. The Balaban J connectivity index is 2.09. The third-order valence-corrected chi connectivity index (χ3v) is 4.60. The number of methoxy groups -OCH3 is 4. The standard InChI is InChI=1S/C21H28N2O5/c1-14(21(24)22-16-10-11-17(25-3)19(12-16)27-5)23(2)13-15-8-7-9-18(26-4)20(15)28-6/h7-12,14H,13H2,1-6H3,(H,22,24). The summed E-state index contributed by atoms with van der Waals surface area (Å²) in [4.78, 5) is 14.6. The van der Waals surface area contributed by atoms with Crippen molar-refractivity contribution in [2.45, 2.75) is 19.5 Å². The molecular weight excluding hydrogens is 360 g/mol. The van der Waals surface area contributed by atoms with E-state index < -0.39 is 0 Å². The van der Waals surface area contributed by atoms with Gasteiger partial charge in [0.05, 0.1) is 34.5 Å². The van der Waals surface area contributed by atoms with Crippen LogP contribution in [0.1, 0.15) is 12.5 Å². The molecule has 7 heteroatoms. The van der Waals surface area contributed by atoms with Gasteiger partial charge in [-0.1, -0.05) is 12.1 Å². The zero-order chi connectivity index (χ0) is 20.7. The lowest BCUT2D eigenvalue weighted by Gasteiger charge is -2.25. The SMILES string of the molecule is COc1ccc(NC(=O)C(C)N(C)Cc2cccc(OC)c2OC)cc1OC. The number of carbonyl (C=O) groups is 1. The van der Waals surface area contributed by atoms with Gasteiger partial charge < -0.3 is 24.3 Å². The summed E-state index contributed by atoms with van der Waals surface area (Å²) in [6.07, 6.45) is 0. The predicted octanol–water partition coefficient (Wildman–Crippen LogP) is 3.18. The summed E-state index contributed by atoms with van der Waals surface area (Å²) in [7, 11) is 8.22. The van der Waals surface area contributed by atoms with Crippen molar-refractivity contribution < 1.29 is 23.7 Å². The first-order chi connectivity index (χ1) is 13.4.